The van der Waals surface area contributed by atoms with Gasteiger partial charge in [0.1, 0.15) is 11.5 Å². The number of fused-ring (bicyclic) bond motifs is 3. The summed E-state index contributed by atoms with van der Waals surface area (Å²) >= 11 is 5.76. The zero-order chi connectivity index (χ0) is 20.0. The topological polar surface area (TPSA) is 64.6 Å². The molecule has 0 unspecified atom stereocenters. The summed E-state index contributed by atoms with van der Waals surface area (Å²) in [6.45, 7) is 1.87. The fourth-order valence-electron chi connectivity index (χ4n) is 3.66. The summed E-state index contributed by atoms with van der Waals surface area (Å²) in [6.07, 6.45) is 0.870. The summed E-state index contributed by atoms with van der Waals surface area (Å²) in [4.78, 5) is 29.7. The molecule has 2 aliphatic rings. The molecule has 3 heterocycles. The average Bonchev–Trinajstić information content (AvgIpc) is 3.17. The molecule has 1 N–H and O–H groups in total. The van der Waals surface area contributed by atoms with Crippen LogP contribution in [0.4, 0.5) is 10.6 Å². The highest BCUT2D eigenvalue weighted by Gasteiger charge is 2.39. The van der Waals surface area contributed by atoms with Crippen molar-refractivity contribution >= 4 is 56.2 Å². The number of carbonyl (C=O) groups excluding carboxylic acids is 1. The molecule has 8 heteroatoms. The first-order valence-electron chi connectivity index (χ1n) is 9.34. The van der Waals surface area contributed by atoms with Crippen molar-refractivity contribution in [1.82, 2.24) is 14.9 Å². The van der Waals surface area contributed by atoms with E-state index in [9.17, 15) is 4.79 Å². The zero-order valence-corrected chi connectivity index (χ0v) is 19.1. The molecule has 146 valence electrons. The normalized spacial score (nSPS) is 15.8. The van der Waals surface area contributed by atoms with Gasteiger partial charge in [0.2, 0.25) is 0 Å². The van der Waals surface area contributed by atoms with E-state index in [1.54, 1.807) is 9.80 Å². The molecule has 0 bridgehead atoms. The molecule has 0 saturated heterocycles. The highest BCUT2D eigenvalue weighted by molar-refractivity contribution is 14.1. The number of hydrogen-bond acceptors (Lipinski definition) is 3. The summed E-state index contributed by atoms with van der Waals surface area (Å²) in [5, 5.41) is 0. The number of aromatic nitrogens is 2. The molecule has 0 aliphatic carbocycles. The van der Waals surface area contributed by atoms with Gasteiger partial charge in [-0.15, -0.1) is 0 Å². The number of nitrogens with one attached hydrogen (secondary N) is 1. The lowest BCUT2D eigenvalue weighted by atomic mass is 10.1. The molecule has 2 aromatic carbocycles. The Morgan fingerprint density at radius 2 is 2.00 bits per heavy atom. The van der Waals surface area contributed by atoms with Crippen molar-refractivity contribution in [2.45, 2.75) is 13.0 Å². The van der Waals surface area contributed by atoms with Gasteiger partial charge in [0, 0.05) is 26.7 Å². The molecule has 0 spiro atoms. The molecule has 1 aromatic heterocycles. The third kappa shape index (κ3) is 3.48. The monoisotopic (exact) mass is 561 g/mol. The second-order valence-corrected chi connectivity index (χ2v) is 9.16. The number of halogens is 2. The lowest BCUT2D eigenvalue weighted by molar-refractivity contribution is 0.223. The Labute approximate surface area is 190 Å². The molecular weight excluding hydrogens is 545 g/mol. The van der Waals surface area contributed by atoms with Crippen LogP contribution in [0, 0.1) is 3.57 Å². The summed E-state index contributed by atoms with van der Waals surface area (Å²) in [5.41, 5.74) is 2.85. The van der Waals surface area contributed by atoms with Crippen LogP contribution in [0.5, 0.6) is 0 Å². The fourth-order valence-corrected chi connectivity index (χ4v) is 4.53. The van der Waals surface area contributed by atoms with Crippen molar-refractivity contribution in [2.24, 2.45) is 4.99 Å². The number of aliphatic imine (C=N–C) groups is 1. The van der Waals surface area contributed by atoms with E-state index in [1.807, 2.05) is 42.5 Å². The van der Waals surface area contributed by atoms with E-state index < -0.39 is 0 Å². The summed E-state index contributed by atoms with van der Waals surface area (Å²) < 4.78 is 2.15. The first-order chi connectivity index (χ1) is 14.1. The first-order valence-corrected chi connectivity index (χ1v) is 11.2. The molecule has 0 radical (unpaired) electrons. The Kier molecular flexibility index (Phi) is 4.91. The molecule has 0 fully saturated rings. The first kappa shape index (κ1) is 18.8. The number of imidazole rings is 1. The van der Waals surface area contributed by atoms with Gasteiger partial charge in [0.25, 0.3) is 0 Å². The van der Waals surface area contributed by atoms with Crippen LogP contribution in [0.2, 0.25) is 0 Å². The number of aromatic amines is 1. The number of rotatable bonds is 3. The van der Waals surface area contributed by atoms with Crippen LogP contribution in [-0.4, -0.2) is 39.8 Å². The molecule has 29 heavy (non-hydrogen) atoms. The van der Waals surface area contributed by atoms with E-state index in [-0.39, 0.29) is 6.03 Å². The van der Waals surface area contributed by atoms with Gasteiger partial charge < -0.3 is 4.98 Å². The van der Waals surface area contributed by atoms with Crippen molar-refractivity contribution in [2.75, 3.05) is 18.0 Å². The van der Waals surface area contributed by atoms with E-state index in [0.29, 0.717) is 24.7 Å². The molecule has 3 aromatic rings. The van der Waals surface area contributed by atoms with E-state index >= 15 is 0 Å². The van der Waals surface area contributed by atoms with Gasteiger partial charge in [0.05, 0.1) is 6.54 Å². The highest BCUT2D eigenvalue weighted by atomic mass is 127. The molecule has 2 amide bonds. The van der Waals surface area contributed by atoms with Crippen LogP contribution in [0.1, 0.15) is 17.7 Å². The molecule has 0 atom stereocenters. The molecular formula is C21H17BrIN5O. The van der Waals surface area contributed by atoms with Gasteiger partial charge in [-0.05, 0) is 58.8 Å². The Morgan fingerprint density at radius 1 is 1.17 bits per heavy atom. The minimum atomic E-state index is -0.0660. The Balaban J connectivity index is 1.61. The molecule has 0 saturated carbocycles. The zero-order valence-electron chi connectivity index (χ0n) is 15.4. The SMILES string of the molecule is O=C1N2CCCN=C2c2[nH]c(-c3ccc(Br)cc3)nc2N1Cc1cccc(I)c1. The summed E-state index contributed by atoms with van der Waals surface area (Å²) in [7, 11) is 0. The number of H-pyrrole nitrogens is 1. The lowest BCUT2D eigenvalue weighted by Gasteiger charge is -2.36. The average molecular weight is 562 g/mol. The number of carbonyl (C=O) groups is 1. The van der Waals surface area contributed by atoms with Gasteiger partial charge in [-0.3, -0.25) is 14.8 Å². The van der Waals surface area contributed by atoms with Crippen molar-refractivity contribution in [3.05, 3.63) is 67.8 Å². The van der Waals surface area contributed by atoms with Gasteiger partial charge in [-0.2, -0.15) is 0 Å². The Morgan fingerprint density at radius 3 is 2.79 bits per heavy atom. The number of anilines is 1. The maximum Gasteiger partial charge on any atom is 0.331 e. The molecule has 5 rings (SSSR count). The summed E-state index contributed by atoms with van der Waals surface area (Å²) in [6, 6.07) is 16.1. The van der Waals surface area contributed by atoms with Crippen LogP contribution >= 0.6 is 38.5 Å². The number of benzene rings is 2. The van der Waals surface area contributed by atoms with E-state index in [0.717, 1.165) is 43.7 Å². The maximum atomic E-state index is 13.3. The maximum absolute atomic E-state index is 13.3. The quantitative estimate of drug-likeness (QED) is 0.456. The van der Waals surface area contributed by atoms with Crippen molar-refractivity contribution < 1.29 is 4.79 Å². The second-order valence-electron chi connectivity index (χ2n) is 7.00. The Hall–Kier alpha value is -2.20. The third-order valence-corrected chi connectivity index (χ3v) is 6.23. The predicted octanol–water partition coefficient (Wildman–Crippen LogP) is 5.04. The van der Waals surface area contributed by atoms with E-state index in [4.69, 9.17) is 4.98 Å². The minimum absolute atomic E-state index is 0.0660. The van der Waals surface area contributed by atoms with Gasteiger partial charge in [-0.25, -0.2) is 9.78 Å². The molecule has 6 nitrogen and oxygen atoms in total. The van der Waals surface area contributed by atoms with Crippen LogP contribution < -0.4 is 4.90 Å². The second kappa shape index (κ2) is 7.56. The smallest absolute Gasteiger partial charge is 0.331 e. The third-order valence-electron chi connectivity index (χ3n) is 5.03. The van der Waals surface area contributed by atoms with Crippen molar-refractivity contribution in [1.29, 1.82) is 0 Å². The van der Waals surface area contributed by atoms with Crippen LogP contribution in [0.25, 0.3) is 11.4 Å². The Bertz CT molecular complexity index is 1120. The van der Waals surface area contributed by atoms with Crippen LogP contribution in [0.3, 0.4) is 0 Å². The van der Waals surface area contributed by atoms with Crippen molar-refractivity contribution in [3.8, 4) is 11.4 Å². The minimum Gasteiger partial charge on any atom is -0.334 e. The number of urea groups is 1. The van der Waals surface area contributed by atoms with Gasteiger partial charge in [-0.1, -0.05) is 40.2 Å². The van der Waals surface area contributed by atoms with Gasteiger partial charge >= 0.3 is 6.03 Å². The molecule has 2 aliphatic heterocycles. The highest BCUT2D eigenvalue weighted by Crippen LogP contribution is 2.33. The van der Waals surface area contributed by atoms with Gasteiger partial charge in [0.15, 0.2) is 11.7 Å². The van der Waals surface area contributed by atoms with E-state index in [2.05, 4.69) is 54.6 Å². The van der Waals surface area contributed by atoms with E-state index in [1.165, 1.54) is 0 Å². The number of amidine groups is 1. The van der Waals surface area contributed by atoms with Crippen molar-refractivity contribution in [3.63, 3.8) is 0 Å². The van der Waals surface area contributed by atoms with Crippen LogP contribution in [-0.2, 0) is 6.54 Å². The number of amides is 2. The predicted molar refractivity (Wildman–Crippen MR) is 125 cm³/mol. The lowest BCUT2D eigenvalue weighted by Crippen LogP contribution is -2.52. The largest absolute Gasteiger partial charge is 0.334 e. The fraction of sp³-hybridized carbons (Fsp3) is 0.190. The number of nitrogens with zero attached hydrogens (tertiary/aromatic N) is 4. The number of hydrogen-bond donors (Lipinski definition) is 1. The summed E-state index contributed by atoms with van der Waals surface area (Å²) in [5.74, 6) is 2.08. The standard InChI is InChI=1S/C21H17BrIN5O/c22-15-7-5-14(6-8-15)18-25-17-19-24-9-2-10-27(19)21(29)28(20(17)26-18)12-13-3-1-4-16(23)11-13/h1,3-8,11H,2,9-10,12H2,(H,25,26). The van der Waals surface area contributed by atoms with Crippen LogP contribution in [0.15, 0.2) is 58.0 Å².